The van der Waals surface area contributed by atoms with Crippen molar-refractivity contribution in [3.63, 3.8) is 0 Å². The summed E-state index contributed by atoms with van der Waals surface area (Å²) in [5, 5.41) is 41.5. The Morgan fingerprint density at radius 3 is 1.46 bits per heavy atom. The summed E-state index contributed by atoms with van der Waals surface area (Å²) in [4.78, 5) is 4.76. The minimum absolute atomic E-state index is 0.0498. The number of nitrogen functional groups attached to an aromatic ring is 2. The second-order valence-electron chi connectivity index (χ2n) is 14.4. The molecule has 272 valence electrons. The lowest BCUT2D eigenvalue weighted by atomic mass is 9.67. The number of benzene rings is 6. The van der Waals surface area contributed by atoms with E-state index >= 15 is 0 Å². The van der Waals surface area contributed by atoms with Crippen LogP contribution in [-0.2, 0) is 0 Å². The first kappa shape index (κ1) is 36.2. The third-order valence-electron chi connectivity index (χ3n) is 10.8. The third kappa shape index (κ3) is 6.00. The van der Waals surface area contributed by atoms with Crippen molar-refractivity contribution < 1.29 is 5.11 Å². The van der Waals surface area contributed by atoms with Crippen LogP contribution in [0.15, 0.2) is 102 Å². The molecule has 5 N–H and O–H groups in total. The highest BCUT2D eigenvalue weighted by atomic mass is 16.3. The predicted molar refractivity (Wildman–Crippen MR) is 228 cm³/mol. The molecule has 0 heterocycles. The highest BCUT2D eigenvalue weighted by Gasteiger charge is 2.43. The molecule has 0 bridgehead atoms. The molecule has 0 spiro atoms. The summed E-state index contributed by atoms with van der Waals surface area (Å²) in [6, 6.07) is 33.5. The monoisotopic (exact) mass is 712 g/mol. The van der Waals surface area contributed by atoms with Gasteiger partial charge in [0, 0.05) is 76.4 Å². The molecule has 6 aromatic carbocycles. The van der Waals surface area contributed by atoms with Crippen molar-refractivity contribution in [1.82, 2.24) is 0 Å². The van der Waals surface area contributed by atoms with Gasteiger partial charge in [-0.25, -0.2) is 0 Å². The maximum atomic E-state index is 12.5. The van der Waals surface area contributed by atoms with Crippen molar-refractivity contribution >= 4 is 71.4 Å². The number of aliphatic hydroxyl groups excluding tert-OH is 1. The number of allylic oxidation sites excluding steroid dienone is 3. The van der Waals surface area contributed by atoms with Gasteiger partial charge in [-0.3, -0.25) is 0 Å². The molecule has 0 saturated carbocycles. The molecule has 1 atom stereocenters. The quantitative estimate of drug-likeness (QED) is 0.0655. The molecule has 1 aliphatic rings. The van der Waals surface area contributed by atoms with Gasteiger partial charge in [0.25, 0.3) is 0 Å². The van der Waals surface area contributed by atoms with Gasteiger partial charge in [-0.05, 0) is 100.0 Å². The predicted octanol–water partition coefficient (Wildman–Crippen LogP) is 11.1. The Labute approximate surface area is 318 Å². The standard InChI is InChI=1S/C47H48N6O/c1-5-17-52(18-6-2)40-25-38(50)43(36-23-31-15-11-9-13-29(31)21-34(36)40)45-42(33(27-48)28-49)46(47(45)54)44-37-24-32-16-12-10-14-30(32)22-35(37)41(26-39(44)51)53(19-7-3)20-8-4/h9-16,21-26,45,54H,5-8,17-20,50-51H2,1-4H3. The number of fused-ring (bicyclic) bond motifs is 4. The number of hydrogen-bond acceptors (Lipinski definition) is 7. The molecule has 0 fully saturated rings. The van der Waals surface area contributed by atoms with Crippen LogP contribution in [0.4, 0.5) is 22.7 Å². The van der Waals surface area contributed by atoms with Crippen LogP contribution in [0.2, 0.25) is 0 Å². The van der Waals surface area contributed by atoms with Crippen LogP contribution >= 0.6 is 0 Å². The molecular weight excluding hydrogens is 665 g/mol. The van der Waals surface area contributed by atoms with E-state index in [1.165, 1.54) is 0 Å². The topological polar surface area (TPSA) is 126 Å². The highest BCUT2D eigenvalue weighted by molar-refractivity contribution is 6.16. The molecular formula is C47H48N6O. The van der Waals surface area contributed by atoms with Gasteiger partial charge in [-0.15, -0.1) is 0 Å². The molecule has 0 aromatic heterocycles. The number of nitriles is 2. The zero-order valence-corrected chi connectivity index (χ0v) is 31.7. The third-order valence-corrected chi connectivity index (χ3v) is 10.8. The summed E-state index contributed by atoms with van der Waals surface area (Å²) in [6.07, 6.45) is 3.90. The minimum atomic E-state index is -0.802. The van der Waals surface area contributed by atoms with Crippen molar-refractivity contribution in [2.24, 2.45) is 0 Å². The van der Waals surface area contributed by atoms with Crippen LogP contribution in [-0.4, -0.2) is 31.3 Å². The van der Waals surface area contributed by atoms with E-state index in [0.29, 0.717) is 33.6 Å². The summed E-state index contributed by atoms with van der Waals surface area (Å²) >= 11 is 0. The molecule has 7 heteroatoms. The molecule has 1 unspecified atom stereocenters. The smallest absolute Gasteiger partial charge is 0.134 e. The van der Waals surface area contributed by atoms with Gasteiger partial charge in [0.2, 0.25) is 0 Å². The van der Waals surface area contributed by atoms with Gasteiger partial charge in [0.15, 0.2) is 0 Å². The van der Waals surface area contributed by atoms with E-state index in [1.54, 1.807) is 0 Å². The molecule has 0 amide bonds. The van der Waals surface area contributed by atoms with E-state index in [9.17, 15) is 15.6 Å². The Morgan fingerprint density at radius 2 is 1.02 bits per heavy atom. The van der Waals surface area contributed by atoms with Gasteiger partial charge in [-0.1, -0.05) is 76.2 Å². The van der Waals surface area contributed by atoms with E-state index in [0.717, 1.165) is 106 Å². The number of nitrogens with two attached hydrogens (primary N) is 2. The van der Waals surface area contributed by atoms with Gasteiger partial charge in [0.1, 0.15) is 23.5 Å². The molecule has 54 heavy (non-hydrogen) atoms. The Hall–Kier alpha value is -6.18. The van der Waals surface area contributed by atoms with E-state index in [2.05, 4.69) is 98.2 Å². The fourth-order valence-electron chi connectivity index (χ4n) is 8.60. The van der Waals surface area contributed by atoms with Crippen LogP contribution in [0.3, 0.4) is 0 Å². The molecule has 0 radical (unpaired) electrons. The van der Waals surface area contributed by atoms with Gasteiger partial charge >= 0.3 is 0 Å². The summed E-state index contributed by atoms with van der Waals surface area (Å²) in [6.45, 7) is 12.2. The Kier molecular flexibility index (Phi) is 10.1. The average Bonchev–Trinajstić information content (AvgIpc) is 3.18. The summed E-state index contributed by atoms with van der Waals surface area (Å²) in [5.74, 6) is -0.752. The minimum Gasteiger partial charge on any atom is -0.511 e. The highest BCUT2D eigenvalue weighted by Crippen LogP contribution is 2.58. The second kappa shape index (κ2) is 15.0. The Balaban J connectivity index is 1.55. The zero-order chi connectivity index (χ0) is 38.1. The summed E-state index contributed by atoms with van der Waals surface area (Å²) in [5.41, 5.74) is 19.3. The van der Waals surface area contributed by atoms with Gasteiger partial charge in [0.05, 0.1) is 5.92 Å². The van der Waals surface area contributed by atoms with Crippen LogP contribution in [0, 0.1) is 22.7 Å². The number of aliphatic hydroxyl groups is 1. The Morgan fingerprint density at radius 1 is 0.611 bits per heavy atom. The summed E-state index contributed by atoms with van der Waals surface area (Å²) in [7, 11) is 0. The fourth-order valence-corrected chi connectivity index (χ4v) is 8.60. The maximum Gasteiger partial charge on any atom is 0.134 e. The van der Waals surface area contributed by atoms with Crippen LogP contribution in [0.1, 0.15) is 70.4 Å². The molecule has 7 rings (SSSR count). The van der Waals surface area contributed by atoms with Gasteiger partial charge in [-0.2, -0.15) is 10.5 Å². The van der Waals surface area contributed by atoms with Gasteiger partial charge < -0.3 is 26.4 Å². The van der Waals surface area contributed by atoms with E-state index in [4.69, 9.17) is 11.5 Å². The number of hydrogen-bond donors (Lipinski definition) is 3. The lowest BCUT2D eigenvalue weighted by molar-refractivity contribution is 0.371. The first-order valence-electron chi connectivity index (χ1n) is 19.3. The van der Waals surface area contributed by atoms with E-state index < -0.39 is 5.92 Å². The molecule has 0 saturated heterocycles. The Bertz CT molecular complexity index is 2560. The van der Waals surface area contributed by atoms with E-state index in [-0.39, 0.29) is 11.3 Å². The van der Waals surface area contributed by atoms with Crippen LogP contribution in [0.5, 0.6) is 0 Å². The first-order chi connectivity index (χ1) is 26.3. The van der Waals surface area contributed by atoms with Crippen molar-refractivity contribution in [3.8, 4) is 12.1 Å². The SMILES string of the molecule is CCCN(CCC)c1cc(N)c(C2=C(O)C(c3c(N)cc(N(CCC)CCC)c4cc5ccccc5cc34)C2=C(C#N)C#N)c2cc3ccccc3cc12. The van der Waals surface area contributed by atoms with Crippen molar-refractivity contribution in [3.05, 3.63) is 113 Å². The fraction of sp³-hybridized carbons (Fsp3) is 0.277. The zero-order valence-electron chi connectivity index (χ0n) is 31.7. The largest absolute Gasteiger partial charge is 0.511 e. The average molecular weight is 713 g/mol. The summed E-state index contributed by atoms with van der Waals surface area (Å²) < 4.78 is 0. The molecule has 0 aliphatic heterocycles. The van der Waals surface area contributed by atoms with Crippen molar-refractivity contribution in [2.45, 2.75) is 59.3 Å². The number of rotatable bonds is 12. The van der Waals surface area contributed by atoms with Crippen LogP contribution < -0.4 is 21.3 Å². The van der Waals surface area contributed by atoms with Crippen LogP contribution in [0.25, 0.3) is 48.7 Å². The normalized spacial score (nSPS) is 14.0. The lowest BCUT2D eigenvalue weighted by Gasteiger charge is -2.37. The lowest BCUT2D eigenvalue weighted by Crippen LogP contribution is -2.27. The number of anilines is 4. The number of nitrogens with zero attached hydrogens (tertiary/aromatic N) is 4. The van der Waals surface area contributed by atoms with Crippen molar-refractivity contribution in [2.75, 3.05) is 47.4 Å². The molecule has 1 aliphatic carbocycles. The molecule has 7 nitrogen and oxygen atoms in total. The molecule has 6 aromatic rings. The van der Waals surface area contributed by atoms with E-state index in [1.807, 2.05) is 36.4 Å². The second-order valence-corrected chi connectivity index (χ2v) is 14.4. The first-order valence-corrected chi connectivity index (χ1v) is 19.3. The van der Waals surface area contributed by atoms with Crippen molar-refractivity contribution in [1.29, 1.82) is 10.5 Å². The maximum absolute atomic E-state index is 12.5.